The highest BCUT2D eigenvalue weighted by atomic mass is 79.9. The fraction of sp³-hybridized carbons (Fsp3) is 0.625. The number of hydrogen-bond donors (Lipinski definition) is 0. The molecule has 0 bridgehead atoms. The minimum absolute atomic E-state index is 0.425. The maximum Gasteiger partial charge on any atom is 0.264 e. The third-order valence-electron chi connectivity index (χ3n) is 2.07. The van der Waals surface area contributed by atoms with Crippen LogP contribution in [0.5, 0.6) is 0 Å². The Morgan fingerprint density at radius 1 is 1.58 bits per heavy atom. The molecule has 0 aliphatic carbocycles. The SMILES string of the molecule is Brc1nc(C2CCCOC2)co1. The van der Waals surface area contributed by atoms with Crippen LogP contribution in [0.1, 0.15) is 24.5 Å². The molecule has 1 atom stereocenters. The summed E-state index contributed by atoms with van der Waals surface area (Å²) in [6.45, 7) is 1.66. The van der Waals surface area contributed by atoms with Crippen molar-refractivity contribution in [2.45, 2.75) is 18.8 Å². The van der Waals surface area contributed by atoms with Gasteiger partial charge in [-0.15, -0.1) is 0 Å². The molecule has 1 aliphatic rings. The Kier molecular flexibility index (Phi) is 2.46. The lowest BCUT2D eigenvalue weighted by Crippen LogP contribution is -2.15. The van der Waals surface area contributed by atoms with Gasteiger partial charge in [0.25, 0.3) is 4.80 Å². The Morgan fingerprint density at radius 2 is 2.50 bits per heavy atom. The first kappa shape index (κ1) is 8.26. The summed E-state index contributed by atoms with van der Waals surface area (Å²) in [7, 11) is 0. The van der Waals surface area contributed by atoms with E-state index in [1.54, 1.807) is 6.26 Å². The van der Waals surface area contributed by atoms with Crippen molar-refractivity contribution in [3.8, 4) is 0 Å². The third kappa shape index (κ3) is 1.69. The molecule has 1 unspecified atom stereocenters. The molecule has 1 aromatic rings. The van der Waals surface area contributed by atoms with Crippen LogP contribution in [-0.2, 0) is 4.74 Å². The molecule has 1 fully saturated rings. The molecule has 0 amide bonds. The van der Waals surface area contributed by atoms with Crippen molar-refractivity contribution in [3.63, 3.8) is 0 Å². The lowest BCUT2D eigenvalue weighted by Gasteiger charge is -2.19. The summed E-state index contributed by atoms with van der Waals surface area (Å²) in [6, 6.07) is 0. The Balaban J connectivity index is 2.08. The molecule has 2 rings (SSSR count). The summed E-state index contributed by atoms with van der Waals surface area (Å²) < 4.78 is 10.4. The summed E-state index contributed by atoms with van der Waals surface area (Å²) in [5, 5.41) is 0. The molecule has 0 spiro atoms. The molecule has 1 saturated heterocycles. The van der Waals surface area contributed by atoms with Crippen LogP contribution in [-0.4, -0.2) is 18.2 Å². The highest BCUT2D eigenvalue weighted by molar-refractivity contribution is 9.10. The minimum Gasteiger partial charge on any atom is -0.439 e. The van der Waals surface area contributed by atoms with E-state index in [1.165, 1.54) is 0 Å². The second kappa shape index (κ2) is 3.58. The average Bonchev–Trinajstić information content (AvgIpc) is 2.54. The van der Waals surface area contributed by atoms with Gasteiger partial charge in [-0.05, 0) is 12.8 Å². The van der Waals surface area contributed by atoms with E-state index in [4.69, 9.17) is 9.15 Å². The van der Waals surface area contributed by atoms with Crippen molar-refractivity contribution in [1.29, 1.82) is 0 Å². The molecular weight excluding hydrogens is 222 g/mol. The number of halogens is 1. The summed E-state index contributed by atoms with van der Waals surface area (Å²) >= 11 is 3.18. The zero-order valence-electron chi connectivity index (χ0n) is 6.62. The van der Waals surface area contributed by atoms with Gasteiger partial charge in [0.2, 0.25) is 0 Å². The second-order valence-corrected chi connectivity index (χ2v) is 3.62. The molecule has 66 valence electrons. The van der Waals surface area contributed by atoms with E-state index in [9.17, 15) is 0 Å². The first-order chi connectivity index (χ1) is 5.86. The van der Waals surface area contributed by atoms with Crippen molar-refractivity contribution in [1.82, 2.24) is 4.98 Å². The van der Waals surface area contributed by atoms with Crippen molar-refractivity contribution >= 4 is 15.9 Å². The van der Waals surface area contributed by atoms with Gasteiger partial charge in [0.15, 0.2) is 0 Å². The molecular formula is C8H10BrNO2. The van der Waals surface area contributed by atoms with Crippen molar-refractivity contribution in [2.24, 2.45) is 0 Å². The van der Waals surface area contributed by atoms with Gasteiger partial charge in [0, 0.05) is 28.5 Å². The second-order valence-electron chi connectivity index (χ2n) is 2.94. The summed E-state index contributed by atoms with van der Waals surface area (Å²) in [5.41, 5.74) is 1.00. The topological polar surface area (TPSA) is 35.3 Å². The van der Waals surface area contributed by atoms with Crippen LogP contribution in [0, 0.1) is 0 Å². The van der Waals surface area contributed by atoms with E-state index in [0.717, 1.165) is 31.7 Å². The van der Waals surface area contributed by atoms with Crippen molar-refractivity contribution in [3.05, 3.63) is 16.8 Å². The van der Waals surface area contributed by atoms with Crippen LogP contribution in [0.15, 0.2) is 15.5 Å². The predicted molar refractivity (Wildman–Crippen MR) is 47.0 cm³/mol. The number of ether oxygens (including phenoxy) is 1. The van der Waals surface area contributed by atoms with Gasteiger partial charge in [-0.2, -0.15) is 0 Å². The minimum atomic E-state index is 0.425. The lowest BCUT2D eigenvalue weighted by atomic mass is 10.00. The van der Waals surface area contributed by atoms with Gasteiger partial charge < -0.3 is 9.15 Å². The lowest BCUT2D eigenvalue weighted by molar-refractivity contribution is 0.0793. The maximum absolute atomic E-state index is 5.35. The number of rotatable bonds is 1. The van der Waals surface area contributed by atoms with Crippen molar-refractivity contribution < 1.29 is 9.15 Å². The Bertz CT molecular complexity index is 255. The molecule has 1 aromatic heterocycles. The number of aromatic nitrogens is 1. The Hall–Kier alpha value is -0.350. The molecule has 1 aliphatic heterocycles. The standard InChI is InChI=1S/C8H10BrNO2/c9-8-10-7(5-12-8)6-2-1-3-11-4-6/h5-6H,1-4H2. The largest absolute Gasteiger partial charge is 0.439 e. The predicted octanol–water partition coefficient (Wildman–Crippen LogP) is 2.33. The van der Waals surface area contributed by atoms with Crippen LogP contribution >= 0.6 is 15.9 Å². The van der Waals surface area contributed by atoms with Gasteiger partial charge in [-0.25, -0.2) is 4.98 Å². The van der Waals surface area contributed by atoms with E-state index in [0.29, 0.717) is 10.7 Å². The van der Waals surface area contributed by atoms with E-state index in [2.05, 4.69) is 20.9 Å². The fourth-order valence-corrected chi connectivity index (χ4v) is 1.72. The molecule has 12 heavy (non-hydrogen) atoms. The molecule has 4 heteroatoms. The Labute approximate surface area is 79.2 Å². The monoisotopic (exact) mass is 231 g/mol. The first-order valence-electron chi connectivity index (χ1n) is 4.05. The van der Waals surface area contributed by atoms with Crippen LogP contribution in [0.4, 0.5) is 0 Å². The Morgan fingerprint density at radius 3 is 3.08 bits per heavy atom. The van der Waals surface area contributed by atoms with Crippen LogP contribution in [0.3, 0.4) is 0 Å². The van der Waals surface area contributed by atoms with E-state index in [1.807, 2.05) is 0 Å². The zero-order chi connectivity index (χ0) is 8.39. The van der Waals surface area contributed by atoms with Gasteiger partial charge >= 0.3 is 0 Å². The highest BCUT2D eigenvalue weighted by Gasteiger charge is 2.18. The maximum atomic E-state index is 5.35. The van der Waals surface area contributed by atoms with Gasteiger partial charge in [-0.1, -0.05) is 0 Å². The molecule has 0 aromatic carbocycles. The van der Waals surface area contributed by atoms with Crippen LogP contribution in [0.25, 0.3) is 0 Å². The molecule has 0 radical (unpaired) electrons. The molecule has 0 N–H and O–H groups in total. The van der Waals surface area contributed by atoms with Gasteiger partial charge in [0.1, 0.15) is 6.26 Å². The number of oxazole rings is 1. The smallest absolute Gasteiger partial charge is 0.264 e. The first-order valence-corrected chi connectivity index (χ1v) is 4.84. The molecule has 3 nitrogen and oxygen atoms in total. The van der Waals surface area contributed by atoms with Crippen molar-refractivity contribution in [2.75, 3.05) is 13.2 Å². The van der Waals surface area contributed by atoms with E-state index >= 15 is 0 Å². The highest BCUT2D eigenvalue weighted by Crippen LogP contribution is 2.25. The quantitative estimate of drug-likeness (QED) is 0.745. The number of nitrogens with zero attached hydrogens (tertiary/aromatic N) is 1. The van der Waals surface area contributed by atoms with E-state index < -0.39 is 0 Å². The van der Waals surface area contributed by atoms with Gasteiger partial charge in [0.05, 0.1) is 12.3 Å². The fourth-order valence-electron chi connectivity index (χ4n) is 1.42. The van der Waals surface area contributed by atoms with Crippen LogP contribution in [0.2, 0.25) is 0 Å². The van der Waals surface area contributed by atoms with Crippen LogP contribution < -0.4 is 0 Å². The summed E-state index contributed by atoms with van der Waals surface area (Å²) in [6.07, 6.45) is 3.97. The average molecular weight is 232 g/mol. The summed E-state index contributed by atoms with van der Waals surface area (Å²) in [4.78, 5) is 4.76. The number of hydrogen-bond acceptors (Lipinski definition) is 3. The molecule has 0 saturated carbocycles. The summed E-state index contributed by atoms with van der Waals surface area (Å²) in [5.74, 6) is 0.425. The van der Waals surface area contributed by atoms with Gasteiger partial charge in [-0.3, -0.25) is 0 Å². The third-order valence-corrected chi connectivity index (χ3v) is 2.44. The normalized spacial score (nSPS) is 24.2. The molecule has 2 heterocycles. The van der Waals surface area contributed by atoms with E-state index in [-0.39, 0.29) is 0 Å². The zero-order valence-corrected chi connectivity index (χ0v) is 8.21.